The van der Waals surface area contributed by atoms with Crippen LogP contribution in [-0.2, 0) is 21.7 Å². The third-order valence-corrected chi connectivity index (χ3v) is 14.1. The summed E-state index contributed by atoms with van der Waals surface area (Å²) in [5.74, 6) is 0. The molecule has 4 heterocycles. The highest BCUT2D eigenvalue weighted by atomic mass is 15.2. The van der Waals surface area contributed by atoms with Crippen LogP contribution in [0.1, 0.15) is 105 Å². The number of anilines is 6. The highest BCUT2D eigenvalue weighted by Crippen LogP contribution is 2.48. The fraction of sp³-hybridized carbons (Fsp3) is 0.276. The molecule has 62 heavy (non-hydrogen) atoms. The van der Waals surface area contributed by atoms with E-state index in [9.17, 15) is 0 Å². The lowest BCUT2D eigenvalue weighted by Gasteiger charge is -2.44. The summed E-state index contributed by atoms with van der Waals surface area (Å²) in [5, 5.41) is 5.24. The molecule has 0 radical (unpaired) electrons. The van der Waals surface area contributed by atoms with Gasteiger partial charge in [-0.1, -0.05) is 162 Å². The van der Waals surface area contributed by atoms with Gasteiger partial charge in [-0.25, -0.2) is 0 Å². The van der Waals surface area contributed by atoms with Crippen molar-refractivity contribution in [3.05, 3.63) is 156 Å². The maximum atomic E-state index is 2.62. The van der Waals surface area contributed by atoms with Crippen LogP contribution in [-0.4, -0.2) is 11.1 Å². The van der Waals surface area contributed by atoms with Crippen molar-refractivity contribution in [3.8, 4) is 0 Å². The monoisotopic (exact) mass is 807 g/mol. The predicted octanol–water partition coefficient (Wildman–Crippen LogP) is 14.1. The molecule has 0 atom stereocenters. The number of fused-ring (bicyclic) bond motifs is 10. The maximum Gasteiger partial charge on any atom is 0.252 e. The molecule has 2 aliphatic heterocycles. The fourth-order valence-corrected chi connectivity index (χ4v) is 10.6. The number of para-hydroxylation sites is 3. The number of rotatable bonds is 2. The van der Waals surface area contributed by atoms with Crippen LogP contribution in [0.4, 0.5) is 34.1 Å². The van der Waals surface area contributed by atoms with E-state index in [1.165, 1.54) is 111 Å². The second-order valence-corrected chi connectivity index (χ2v) is 22.4. The van der Waals surface area contributed by atoms with Crippen molar-refractivity contribution in [1.29, 1.82) is 0 Å². The highest BCUT2D eigenvalue weighted by molar-refractivity contribution is 7.00. The van der Waals surface area contributed by atoms with Crippen molar-refractivity contribution in [2.45, 2.75) is 105 Å². The van der Waals surface area contributed by atoms with Gasteiger partial charge in [-0.2, -0.15) is 0 Å². The minimum Gasteiger partial charge on any atom is -0.311 e. The predicted molar refractivity (Wildman–Crippen MR) is 270 cm³/mol. The first-order valence-electron chi connectivity index (χ1n) is 22.6. The first-order chi connectivity index (χ1) is 29.3. The van der Waals surface area contributed by atoms with Crippen LogP contribution < -0.4 is 26.2 Å². The molecule has 3 nitrogen and oxygen atoms in total. The summed E-state index contributed by atoms with van der Waals surface area (Å²) in [5.41, 5.74) is 20.6. The van der Waals surface area contributed by atoms with Gasteiger partial charge in [0.05, 0.1) is 16.6 Å². The van der Waals surface area contributed by atoms with Crippen LogP contribution >= 0.6 is 0 Å². The van der Waals surface area contributed by atoms with Gasteiger partial charge < -0.3 is 14.2 Å². The molecule has 0 N–H and O–H groups in total. The lowest BCUT2D eigenvalue weighted by molar-refractivity contribution is 0.568. The fourth-order valence-electron chi connectivity index (χ4n) is 10.6. The molecule has 0 bridgehead atoms. The summed E-state index contributed by atoms with van der Waals surface area (Å²) >= 11 is 0. The van der Waals surface area contributed by atoms with E-state index in [0.717, 1.165) is 0 Å². The van der Waals surface area contributed by atoms with Gasteiger partial charge in [-0.3, -0.25) is 0 Å². The van der Waals surface area contributed by atoms with E-state index < -0.39 is 0 Å². The third kappa shape index (κ3) is 5.64. The van der Waals surface area contributed by atoms with Crippen LogP contribution in [0.25, 0.3) is 38.1 Å². The zero-order valence-corrected chi connectivity index (χ0v) is 38.6. The van der Waals surface area contributed by atoms with Crippen molar-refractivity contribution in [2.75, 3.05) is 9.80 Å². The van der Waals surface area contributed by atoms with E-state index in [2.05, 4.69) is 231 Å². The van der Waals surface area contributed by atoms with Crippen molar-refractivity contribution >= 4 is 95.3 Å². The van der Waals surface area contributed by atoms with Gasteiger partial charge in [0.25, 0.3) is 6.71 Å². The van der Waals surface area contributed by atoms with Gasteiger partial charge >= 0.3 is 0 Å². The third-order valence-electron chi connectivity index (χ3n) is 14.1. The molecule has 0 saturated heterocycles. The van der Waals surface area contributed by atoms with Gasteiger partial charge in [0.15, 0.2) is 0 Å². The van der Waals surface area contributed by atoms with E-state index in [-0.39, 0.29) is 28.4 Å². The lowest BCUT2D eigenvalue weighted by Crippen LogP contribution is -2.61. The van der Waals surface area contributed by atoms with E-state index in [4.69, 9.17) is 0 Å². The number of benzene rings is 7. The molecule has 4 heteroatoms. The maximum absolute atomic E-state index is 2.62. The van der Waals surface area contributed by atoms with Gasteiger partial charge in [0, 0.05) is 55.7 Å². The Balaban J connectivity index is 1.28. The molecular formula is C58H58BN3. The molecule has 0 fully saturated rings. The average molecular weight is 808 g/mol. The molecule has 0 aliphatic carbocycles. The normalized spacial score (nSPS) is 14.4. The highest BCUT2D eigenvalue weighted by Gasteiger charge is 2.44. The van der Waals surface area contributed by atoms with Crippen LogP contribution in [0.5, 0.6) is 0 Å². The van der Waals surface area contributed by atoms with E-state index in [1.54, 1.807) is 0 Å². The SMILES string of the molecule is CC(C)(C)c1cc(N2c3ccccc3B3c4cc5c6cccc7c8ccccc8n(c5cc4N(c4cc(C(C)(C)C)cc(C(C)(C)C)c4)c4cccc2c43)c76)cc(C(C)(C)C)c1. The minimum absolute atomic E-state index is 0.0178. The Morgan fingerprint density at radius 1 is 0.355 bits per heavy atom. The lowest BCUT2D eigenvalue weighted by atomic mass is 9.33. The molecule has 2 aromatic heterocycles. The second kappa shape index (κ2) is 12.8. The molecule has 308 valence electrons. The Kier molecular flexibility index (Phi) is 8.02. The van der Waals surface area contributed by atoms with E-state index in [1.807, 2.05) is 0 Å². The molecule has 7 aromatic carbocycles. The van der Waals surface area contributed by atoms with Gasteiger partial charge in [0.2, 0.25) is 0 Å². The Hall–Kier alpha value is -6.00. The first kappa shape index (κ1) is 38.9. The van der Waals surface area contributed by atoms with Gasteiger partial charge in [-0.15, -0.1) is 0 Å². The summed E-state index contributed by atoms with van der Waals surface area (Å²) in [4.78, 5) is 5.20. The number of nitrogens with zero attached hydrogens (tertiary/aromatic N) is 3. The summed E-state index contributed by atoms with van der Waals surface area (Å²) in [7, 11) is 0. The quantitative estimate of drug-likeness (QED) is 0.161. The average Bonchev–Trinajstić information content (AvgIpc) is 3.73. The van der Waals surface area contributed by atoms with Crippen molar-refractivity contribution in [2.24, 2.45) is 0 Å². The van der Waals surface area contributed by atoms with Crippen LogP contribution in [0.2, 0.25) is 0 Å². The Morgan fingerprint density at radius 3 is 1.37 bits per heavy atom. The van der Waals surface area contributed by atoms with Crippen LogP contribution in [0.15, 0.2) is 133 Å². The molecule has 11 rings (SSSR count). The molecule has 0 saturated carbocycles. The van der Waals surface area contributed by atoms with Crippen LogP contribution in [0.3, 0.4) is 0 Å². The topological polar surface area (TPSA) is 10.9 Å². The number of aromatic nitrogens is 1. The minimum atomic E-state index is -0.0406. The summed E-state index contributed by atoms with van der Waals surface area (Å²) in [6, 6.07) is 52.0. The Labute approximate surface area is 368 Å². The summed E-state index contributed by atoms with van der Waals surface area (Å²) in [6.45, 7) is 28.2. The Morgan fingerprint density at radius 2 is 0.806 bits per heavy atom. The molecular weight excluding hydrogens is 749 g/mol. The van der Waals surface area contributed by atoms with Gasteiger partial charge in [-0.05, 0) is 115 Å². The van der Waals surface area contributed by atoms with E-state index >= 15 is 0 Å². The first-order valence-corrected chi connectivity index (χ1v) is 22.6. The van der Waals surface area contributed by atoms with E-state index in [0.29, 0.717) is 0 Å². The van der Waals surface area contributed by atoms with Crippen molar-refractivity contribution < 1.29 is 0 Å². The smallest absolute Gasteiger partial charge is 0.252 e. The number of hydrogen-bond donors (Lipinski definition) is 0. The number of hydrogen-bond acceptors (Lipinski definition) is 2. The summed E-state index contributed by atoms with van der Waals surface area (Å²) in [6.07, 6.45) is 0. The zero-order chi connectivity index (χ0) is 43.4. The zero-order valence-electron chi connectivity index (χ0n) is 38.6. The Bertz CT molecular complexity index is 3240. The van der Waals surface area contributed by atoms with Crippen LogP contribution in [0, 0.1) is 0 Å². The standard InChI is InChI=1S/C58H58BN3/c1-55(2,3)35-27-36(56(4,5)6)30-39(29-35)60-48-24-16-14-22-45(48)59-46-33-44-43-21-17-20-42-41-19-13-15-23-47(41)62(54(42)43)51(44)34-52(46)61(50-26-18-25-49(60)53(50)59)40-31-37(57(7,8)9)28-38(32-40)58(10,11)12/h13-34H,1-12H3. The molecule has 9 aromatic rings. The van der Waals surface area contributed by atoms with Gasteiger partial charge in [0.1, 0.15) is 0 Å². The second-order valence-electron chi connectivity index (χ2n) is 22.4. The largest absolute Gasteiger partial charge is 0.311 e. The molecule has 2 aliphatic rings. The van der Waals surface area contributed by atoms with Crippen molar-refractivity contribution in [1.82, 2.24) is 4.40 Å². The molecule has 0 amide bonds. The molecule has 0 spiro atoms. The molecule has 0 unspecified atom stereocenters. The van der Waals surface area contributed by atoms with Crippen molar-refractivity contribution in [3.63, 3.8) is 0 Å². The summed E-state index contributed by atoms with van der Waals surface area (Å²) < 4.78 is 2.54.